The molecule has 0 radical (unpaired) electrons. The average molecular weight is 299 g/mol. The molecule has 6 heteroatoms. The van der Waals surface area contributed by atoms with E-state index in [4.69, 9.17) is 5.11 Å². The van der Waals surface area contributed by atoms with Crippen LogP contribution in [0.5, 0.6) is 0 Å². The molecule has 0 aliphatic rings. The monoisotopic (exact) mass is 299 g/mol. The fraction of sp³-hybridized carbons (Fsp3) is 0.500. The Kier molecular flexibility index (Phi) is 5.71. The van der Waals surface area contributed by atoms with Gasteiger partial charge in [0.05, 0.1) is 4.90 Å². The quantitative estimate of drug-likeness (QED) is 0.809. The maximum Gasteiger partial charge on any atom is 0.321 e. The van der Waals surface area contributed by atoms with Gasteiger partial charge in [0, 0.05) is 0 Å². The molecule has 0 bridgehead atoms. The summed E-state index contributed by atoms with van der Waals surface area (Å²) in [6, 6.07) is 5.41. The smallest absolute Gasteiger partial charge is 0.321 e. The first kappa shape index (κ1) is 16.7. The van der Waals surface area contributed by atoms with Crippen molar-refractivity contribution in [2.75, 3.05) is 0 Å². The molecule has 5 nitrogen and oxygen atoms in total. The van der Waals surface area contributed by atoms with Crippen molar-refractivity contribution >= 4 is 16.0 Å². The molecule has 0 heterocycles. The average Bonchev–Trinajstić information content (AvgIpc) is 2.38. The van der Waals surface area contributed by atoms with Gasteiger partial charge in [-0.25, -0.2) is 8.42 Å². The van der Waals surface area contributed by atoms with Gasteiger partial charge < -0.3 is 5.11 Å². The van der Waals surface area contributed by atoms with Crippen molar-refractivity contribution in [2.45, 2.75) is 50.5 Å². The molecule has 2 N–H and O–H groups in total. The summed E-state index contributed by atoms with van der Waals surface area (Å²) in [4.78, 5) is 11.1. The third kappa shape index (κ3) is 4.31. The van der Waals surface area contributed by atoms with Gasteiger partial charge in [0.25, 0.3) is 0 Å². The maximum atomic E-state index is 12.1. The van der Waals surface area contributed by atoms with Gasteiger partial charge in [0.1, 0.15) is 6.04 Å². The molecule has 0 amide bonds. The Morgan fingerprint density at radius 3 is 2.20 bits per heavy atom. The lowest BCUT2D eigenvalue weighted by atomic mass is 10.0. The Balaban J connectivity index is 2.95. The minimum absolute atomic E-state index is 0.0873. The van der Waals surface area contributed by atoms with E-state index in [1.54, 1.807) is 12.1 Å². The van der Waals surface area contributed by atoms with E-state index in [1.165, 1.54) is 12.1 Å². The van der Waals surface area contributed by atoms with Gasteiger partial charge in [-0.2, -0.15) is 4.72 Å². The Labute approximate surface area is 120 Å². The second-order valence-corrected chi connectivity index (χ2v) is 6.74. The van der Waals surface area contributed by atoms with Crippen LogP contribution in [0.2, 0.25) is 0 Å². The molecular formula is C14H21NO4S. The fourth-order valence-corrected chi connectivity index (χ4v) is 3.03. The van der Waals surface area contributed by atoms with Crippen LogP contribution in [0.25, 0.3) is 0 Å². The largest absolute Gasteiger partial charge is 0.480 e. The van der Waals surface area contributed by atoms with E-state index in [-0.39, 0.29) is 11.3 Å². The molecule has 1 aromatic carbocycles. The zero-order valence-corrected chi connectivity index (χ0v) is 12.8. The highest BCUT2D eigenvalue weighted by Gasteiger charge is 2.24. The summed E-state index contributed by atoms with van der Waals surface area (Å²) >= 11 is 0. The molecule has 0 fully saturated rings. The Morgan fingerprint density at radius 2 is 1.80 bits per heavy atom. The van der Waals surface area contributed by atoms with Gasteiger partial charge in [0.15, 0.2) is 0 Å². The van der Waals surface area contributed by atoms with Gasteiger partial charge >= 0.3 is 5.97 Å². The molecule has 0 unspecified atom stereocenters. The second-order valence-electron chi connectivity index (χ2n) is 5.02. The molecule has 0 aliphatic carbocycles. The highest BCUT2D eigenvalue weighted by Crippen LogP contribution is 2.17. The molecule has 0 aromatic heterocycles. The van der Waals surface area contributed by atoms with E-state index in [9.17, 15) is 13.2 Å². The van der Waals surface area contributed by atoms with Gasteiger partial charge in [-0.15, -0.1) is 0 Å². The maximum absolute atomic E-state index is 12.1. The van der Waals surface area contributed by atoms with E-state index in [0.717, 1.165) is 5.56 Å². The summed E-state index contributed by atoms with van der Waals surface area (Å²) in [5, 5.41) is 9.00. The first-order chi connectivity index (χ1) is 9.27. The number of nitrogens with one attached hydrogen (secondary N) is 1. The van der Waals surface area contributed by atoms with Crippen LogP contribution in [-0.4, -0.2) is 25.5 Å². The lowest BCUT2D eigenvalue weighted by molar-refractivity contribution is -0.139. The number of rotatable bonds is 7. The number of aliphatic carboxylic acids is 1. The van der Waals surface area contributed by atoms with Crippen LogP contribution in [-0.2, 0) is 14.8 Å². The number of benzene rings is 1. The van der Waals surface area contributed by atoms with Crippen molar-refractivity contribution < 1.29 is 18.3 Å². The molecule has 1 aromatic rings. The van der Waals surface area contributed by atoms with Crippen molar-refractivity contribution in [3.05, 3.63) is 29.8 Å². The predicted octanol–water partition coefficient (Wildman–Crippen LogP) is 2.34. The van der Waals surface area contributed by atoms with E-state index < -0.39 is 22.0 Å². The van der Waals surface area contributed by atoms with Crippen molar-refractivity contribution in [2.24, 2.45) is 0 Å². The summed E-state index contributed by atoms with van der Waals surface area (Å²) in [7, 11) is -3.80. The van der Waals surface area contributed by atoms with Crippen LogP contribution < -0.4 is 4.72 Å². The second kappa shape index (κ2) is 6.85. The molecule has 0 saturated carbocycles. The standard InChI is InChI=1S/C14H21NO4S/c1-4-5-13(14(16)17)15-20(18,19)12-8-6-11(7-9-12)10(2)3/h6-10,13,15H,4-5H2,1-3H3,(H,16,17)/t13-/m1/s1. The third-order valence-electron chi connectivity index (χ3n) is 3.03. The van der Waals surface area contributed by atoms with Crippen LogP contribution in [0.3, 0.4) is 0 Å². The first-order valence-electron chi connectivity index (χ1n) is 6.63. The number of sulfonamides is 1. The molecule has 20 heavy (non-hydrogen) atoms. The molecular weight excluding hydrogens is 278 g/mol. The zero-order chi connectivity index (χ0) is 15.3. The molecule has 0 spiro atoms. The highest BCUT2D eigenvalue weighted by molar-refractivity contribution is 7.89. The third-order valence-corrected chi connectivity index (χ3v) is 4.52. The number of carbonyl (C=O) groups is 1. The van der Waals surface area contributed by atoms with Crippen LogP contribution >= 0.6 is 0 Å². The molecule has 0 aliphatic heterocycles. The predicted molar refractivity (Wildman–Crippen MR) is 77.2 cm³/mol. The Bertz CT molecular complexity index is 549. The SMILES string of the molecule is CCC[C@@H](NS(=O)(=O)c1ccc(C(C)C)cc1)C(=O)O. The summed E-state index contributed by atoms with van der Waals surface area (Å²) in [5.74, 6) is -0.846. The minimum atomic E-state index is -3.80. The van der Waals surface area contributed by atoms with E-state index in [2.05, 4.69) is 4.72 Å². The summed E-state index contributed by atoms with van der Waals surface area (Å²) in [5.41, 5.74) is 1.03. The van der Waals surface area contributed by atoms with Crippen LogP contribution in [0.4, 0.5) is 0 Å². The highest BCUT2D eigenvalue weighted by atomic mass is 32.2. The van der Waals surface area contributed by atoms with Crippen LogP contribution in [0.15, 0.2) is 29.2 Å². The van der Waals surface area contributed by atoms with Crippen molar-refractivity contribution in [1.29, 1.82) is 0 Å². The van der Waals surface area contributed by atoms with E-state index in [0.29, 0.717) is 12.3 Å². The van der Waals surface area contributed by atoms with Crippen LogP contribution in [0, 0.1) is 0 Å². The lowest BCUT2D eigenvalue weighted by Crippen LogP contribution is -2.40. The minimum Gasteiger partial charge on any atom is -0.480 e. The van der Waals surface area contributed by atoms with Gasteiger partial charge in [-0.05, 0) is 30.0 Å². The van der Waals surface area contributed by atoms with Crippen molar-refractivity contribution in [3.63, 3.8) is 0 Å². The van der Waals surface area contributed by atoms with Gasteiger partial charge in [-0.3, -0.25) is 4.79 Å². The fourth-order valence-electron chi connectivity index (χ4n) is 1.81. The molecule has 0 saturated heterocycles. The Morgan fingerprint density at radius 1 is 1.25 bits per heavy atom. The van der Waals surface area contributed by atoms with Gasteiger partial charge in [0.2, 0.25) is 10.0 Å². The summed E-state index contributed by atoms with van der Waals surface area (Å²) < 4.78 is 26.5. The number of carboxylic acids is 1. The van der Waals surface area contributed by atoms with Crippen molar-refractivity contribution in [3.8, 4) is 0 Å². The number of carboxylic acid groups (broad SMARTS) is 1. The Hall–Kier alpha value is -1.40. The topological polar surface area (TPSA) is 83.5 Å². The number of hydrogen-bond acceptors (Lipinski definition) is 3. The summed E-state index contributed by atoms with van der Waals surface area (Å²) in [6.45, 7) is 5.84. The summed E-state index contributed by atoms with van der Waals surface area (Å²) in [6.07, 6.45) is 0.852. The van der Waals surface area contributed by atoms with E-state index in [1.807, 2.05) is 20.8 Å². The van der Waals surface area contributed by atoms with Gasteiger partial charge in [-0.1, -0.05) is 39.3 Å². The zero-order valence-electron chi connectivity index (χ0n) is 12.0. The normalized spacial score (nSPS) is 13.4. The van der Waals surface area contributed by atoms with Crippen LogP contribution in [0.1, 0.15) is 45.1 Å². The molecule has 1 rings (SSSR count). The van der Waals surface area contributed by atoms with E-state index >= 15 is 0 Å². The first-order valence-corrected chi connectivity index (χ1v) is 8.11. The lowest BCUT2D eigenvalue weighted by Gasteiger charge is -2.14. The van der Waals surface area contributed by atoms with Crippen molar-refractivity contribution in [1.82, 2.24) is 4.72 Å². The molecule has 112 valence electrons. The number of hydrogen-bond donors (Lipinski definition) is 2. The molecule has 1 atom stereocenters.